The molecule has 0 aliphatic carbocycles. The maximum absolute atomic E-state index is 11.7. The van der Waals surface area contributed by atoms with Gasteiger partial charge in [-0.25, -0.2) is 4.79 Å². The average Bonchev–Trinajstić information content (AvgIpc) is 2.38. The Morgan fingerprint density at radius 1 is 1.22 bits per heavy atom. The van der Waals surface area contributed by atoms with Crippen molar-refractivity contribution in [2.24, 2.45) is 0 Å². The zero-order valence-electron chi connectivity index (χ0n) is 9.84. The molecule has 18 heavy (non-hydrogen) atoms. The zero-order valence-corrected chi connectivity index (χ0v) is 9.84. The van der Waals surface area contributed by atoms with E-state index in [1.165, 1.54) is 7.05 Å². The first-order chi connectivity index (χ1) is 8.54. The van der Waals surface area contributed by atoms with E-state index >= 15 is 0 Å². The summed E-state index contributed by atoms with van der Waals surface area (Å²) in [6, 6.07) is 6.98. The number of carbonyl (C=O) groups is 3. The van der Waals surface area contributed by atoms with Gasteiger partial charge in [0, 0.05) is 12.6 Å². The molecule has 0 heterocycles. The number of carbonyl (C=O) groups excluding carboxylic acids is 2. The number of rotatable bonds is 5. The Morgan fingerprint density at radius 3 is 2.33 bits per heavy atom. The van der Waals surface area contributed by atoms with Gasteiger partial charge in [0.1, 0.15) is 6.04 Å². The predicted octanol–water partition coefficient (Wildman–Crippen LogP) is 0.00570. The van der Waals surface area contributed by atoms with Crippen LogP contribution >= 0.6 is 0 Å². The van der Waals surface area contributed by atoms with Crippen LogP contribution in [0.3, 0.4) is 0 Å². The maximum atomic E-state index is 11.7. The van der Waals surface area contributed by atoms with Gasteiger partial charge in [-0.15, -0.1) is 0 Å². The van der Waals surface area contributed by atoms with Gasteiger partial charge in [0.05, 0.1) is 6.42 Å². The Morgan fingerprint density at radius 2 is 1.83 bits per heavy atom. The van der Waals surface area contributed by atoms with E-state index in [2.05, 4.69) is 10.6 Å². The SMILES string of the molecule is CNC(=O)C[C@@H](NC(=O)c1ccccc1)C(=O)O. The lowest BCUT2D eigenvalue weighted by Crippen LogP contribution is -2.43. The predicted molar refractivity (Wildman–Crippen MR) is 64.0 cm³/mol. The molecule has 2 amide bonds. The Hall–Kier alpha value is -2.37. The summed E-state index contributed by atoms with van der Waals surface area (Å²) in [6.45, 7) is 0. The van der Waals surface area contributed by atoms with Crippen molar-refractivity contribution in [2.75, 3.05) is 7.05 Å². The summed E-state index contributed by atoms with van der Waals surface area (Å²) in [6.07, 6.45) is -0.301. The molecule has 6 nitrogen and oxygen atoms in total. The minimum atomic E-state index is -1.25. The van der Waals surface area contributed by atoms with Crippen molar-refractivity contribution in [1.29, 1.82) is 0 Å². The summed E-state index contributed by atoms with van der Waals surface area (Å²) >= 11 is 0. The molecule has 1 atom stereocenters. The second-order valence-electron chi connectivity index (χ2n) is 3.61. The second-order valence-corrected chi connectivity index (χ2v) is 3.61. The number of hydrogen-bond acceptors (Lipinski definition) is 3. The Labute approximate surface area is 104 Å². The molecule has 0 aromatic heterocycles. The number of carboxylic acids is 1. The molecule has 0 aliphatic rings. The zero-order chi connectivity index (χ0) is 13.5. The fourth-order valence-corrected chi connectivity index (χ4v) is 1.32. The minimum absolute atomic E-state index is 0.301. The topological polar surface area (TPSA) is 95.5 Å². The molecule has 0 fully saturated rings. The van der Waals surface area contributed by atoms with Crippen LogP contribution in [0, 0.1) is 0 Å². The normalized spacial score (nSPS) is 11.4. The van der Waals surface area contributed by atoms with Crippen molar-refractivity contribution in [3.05, 3.63) is 35.9 Å². The summed E-state index contributed by atoms with van der Waals surface area (Å²) in [5.74, 6) is -2.22. The van der Waals surface area contributed by atoms with E-state index in [-0.39, 0.29) is 6.42 Å². The van der Waals surface area contributed by atoms with Crippen molar-refractivity contribution in [2.45, 2.75) is 12.5 Å². The molecule has 1 rings (SSSR count). The van der Waals surface area contributed by atoms with Crippen LogP contribution in [0.4, 0.5) is 0 Å². The number of amides is 2. The fraction of sp³-hybridized carbons (Fsp3) is 0.250. The van der Waals surface area contributed by atoms with Gasteiger partial charge >= 0.3 is 5.97 Å². The number of hydrogen-bond donors (Lipinski definition) is 3. The van der Waals surface area contributed by atoms with E-state index in [1.54, 1.807) is 30.3 Å². The van der Waals surface area contributed by atoms with E-state index in [9.17, 15) is 14.4 Å². The molecule has 6 heteroatoms. The summed E-state index contributed by atoms with van der Waals surface area (Å²) in [4.78, 5) is 33.8. The molecule has 1 aromatic carbocycles. The smallest absolute Gasteiger partial charge is 0.326 e. The Kier molecular flexibility index (Phi) is 4.86. The highest BCUT2D eigenvalue weighted by Gasteiger charge is 2.23. The first-order valence-corrected chi connectivity index (χ1v) is 5.34. The van der Waals surface area contributed by atoms with E-state index in [0.717, 1.165) is 0 Å². The van der Waals surface area contributed by atoms with E-state index < -0.39 is 23.8 Å². The van der Waals surface area contributed by atoms with Crippen LogP contribution in [0.1, 0.15) is 16.8 Å². The molecule has 0 bridgehead atoms. The number of nitrogens with one attached hydrogen (secondary N) is 2. The van der Waals surface area contributed by atoms with Gasteiger partial charge in [-0.2, -0.15) is 0 Å². The number of aliphatic carboxylic acids is 1. The standard InChI is InChI=1S/C12H14N2O4/c1-13-10(15)7-9(12(17)18)14-11(16)8-5-3-2-4-6-8/h2-6,9H,7H2,1H3,(H,13,15)(H,14,16)(H,17,18)/t9-/m1/s1. The molecule has 0 unspecified atom stereocenters. The lowest BCUT2D eigenvalue weighted by Gasteiger charge is -2.13. The van der Waals surface area contributed by atoms with Gasteiger partial charge in [0.2, 0.25) is 5.91 Å². The highest BCUT2D eigenvalue weighted by molar-refractivity contribution is 5.97. The lowest BCUT2D eigenvalue weighted by atomic mass is 10.1. The molecule has 0 radical (unpaired) electrons. The van der Waals surface area contributed by atoms with Gasteiger partial charge < -0.3 is 15.7 Å². The molecule has 1 aromatic rings. The quantitative estimate of drug-likeness (QED) is 0.685. The summed E-state index contributed by atoms with van der Waals surface area (Å²) < 4.78 is 0. The van der Waals surface area contributed by atoms with Crippen molar-refractivity contribution < 1.29 is 19.5 Å². The third-order valence-electron chi connectivity index (χ3n) is 2.31. The number of benzene rings is 1. The highest BCUT2D eigenvalue weighted by Crippen LogP contribution is 2.00. The van der Waals surface area contributed by atoms with Gasteiger partial charge in [0.15, 0.2) is 0 Å². The minimum Gasteiger partial charge on any atom is -0.480 e. The van der Waals surface area contributed by atoms with Crippen LogP contribution in [0.2, 0.25) is 0 Å². The van der Waals surface area contributed by atoms with Crippen LogP contribution in [0.5, 0.6) is 0 Å². The van der Waals surface area contributed by atoms with Crippen LogP contribution in [0.25, 0.3) is 0 Å². The van der Waals surface area contributed by atoms with Crippen molar-refractivity contribution >= 4 is 17.8 Å². The van der Waals surface area contributed by atoms with Crippen molar-refractivity contribution in [3.63, 3.8) is 0 Å². The Bertz CT molecular complexity index is 445. The van der Waals surface area contributed by atoms with Crippen LogP contribution in [-0.2, 0) is 9.59 Å². The first kappa shape index (κ1) is 13.7. The van der Waals surface area contributed by atoms with Crippen molar-refractivity contribution in [3.8, 4) is 0 Å². The van der Waals surface area contributed by atoms with Crippen molar-refractivity contribution in [1.82, 2.24) is 10.6 Å². The van der Waals surface area contributed by atoms with E-state index in [1.807, 2.05) is 0 Å². The molecule has 0 aliphatic heterocycles. The van der Waals surface area contributed by atoms with E-state index in [4.69, 9.17) is 5.11 Å². The monoisotopic (exact) mass is 250 g/mol. The lowest BCUT2D eigenvalue weighted by molar-refractivity contribution is -0.141. The van der Waals surface area contributed by atoms with Gasteiger partial charge in [-0.05, 0) is 12.1 Å². The molecule has 3 N–H and O–H groups in total. The molecular weight excluding hydrogens is 236 g/mol. The molecule has 0 saturated heterocycles. The third-order valence-corrected chi connectivity index (χ3v) is 2.31. The maximum Gasteiger partial charge on any atom is 0.326 e. The summed E-state index contributed by atoms with van der Waals surface area (Å²) in [5, 5.41) is 13.5. The Balaban J connectivity index is 2.70. The fourth-order valence-electron chi connectivity index (χ4n) is 1.32. The molecule has 0 spiro atoms. The highest BCUT2D eigenvalue weighted by atomic mass is 16.4. The third kappa shape index (κ3) is 3.89. The molecule has 0 saturated carbocycles. The van der Waals surface area contributed by atoms with Gasteiger partial charge in [-0.3, -0.25) is 9.59 Å². The number of carboxylic acid groups (broad SMARTS) is 1. The largest absolute Gasteiger partial charge is 0.480 e. The summed E-state index contributed by atoms with van der Waals surface area (Å²) in [7, 11) is 1.40. The molecule has 96 valence electrons. The first-order valence-electron chi connectivity index (χ1n) is 5.34. The van der Waals surface area contributed by atoms with Gasteiger partial charge in [0.25, 0.3) is 5.91 Å². The van der Waals surface area contributed by atoms with E-state index in [0.29, 0.717) is 5.56 Å². The van der Waals surface area contributed by atoms with Crippen LogP contribution < -0.4 is 10.6 Å². The van der Waals surface area contributed by atoms with Crippen LogP contribution in [0.15, 0.2) is 30.3 Å². The molecular formula is C12H14N2O4. The average molecular weight is 250 g/mol. The van der Waals surface area contributed by atoms with Gasteiger partial charge in [-0.1, -0.05) is 18.2 Å². The van der Waals surface area contributed by atoms with Crippen LogP contribution in [-0.4, -0.2) is 36.0 Å². The summed E-state index contributed by atoms with van der Waals surface area (Å²) in [5.41, 5.74) is 0.348. The second kappa shape index (κ2) is 6.39.